The summed E-state index contributed by atoms with van der Waals surface area (Å²) in [4.78, 5) is 39.0. The zero-order chi connectivity index (χ0) is 23.0. The van der Waals surface area contributed by atoms with Crippen LogP contribution in [0.4, 0.5) is 10.1 Å². The molecule has 1 aromatic carbocycles. The molecule has 1 aliphatic heterocycles. The van der Waals surface area contributed by atoms with Gasteiger partial charge in [-0.1, -0.05) is 0 Å². The van der Waals surface area contributed by atoms with E-state index in [-0.39, 0.29) is 17.4 Å². The Balaban J connectivity index is 1.64. The van der Waals surface area contributed by atoms with Crippen molar-refractivity contribution in [3.05, 3.63) is 52.1 Å². The molecule has 1 aliphatic carbocycles. The van der Waals surface area contributed by atoms with Crippen LogP contribution in [-0.4, -0.2) is 39.4 Å². The van der Waals surface area contributed by atoms with Crippen molar-refractivity contribution in [2.75, 3.05) is 5.32 Å². The maximum Gasteiger partial charge on any atom is 0.294 e. The van der Waals surface area contributed by atoms with Crippen LogP contribution in [0.25, 0.3) is 0 Å². The second kappa shape index (κ2) is 8.86. The monoisotopic (exact) mass is 441 g/mol. The van der Waals surface area contributed by atoms with Crippen molar-refractivity contribution in [2.45, 2.75) is 71.1 Å². The molecule has 2 aliphatic rings. The number of carbonyl (C=O) groups excluding carboxylic acids is 3. The number of aliphatic hydroxyl groups is 1. The van der Waals surface area contributed by atoms with Crippen LogP contribution < -0.4 is 10.6 Å². The Morgan fingerprint density at radius 3 is 2.59 bits per heavy atom. The van der Waals surface area contributed by atoms with Gasteiger partial charge in [-0.25, -0.2) is 4.39 Å². The van der Waals surface area contributed by atoms with E-state index in [1.54, 1.807) is 24.5 Å². The van der Waals surface area contributed by atoms with Gasteiger partial charge in [-0.05, 0) is 81.7 Å². The highest BCUT2D eigenvalue weighted by Gasteiger charge is 2.34. The van der Waals surface area contributed by atoms with Gasteiger partial charge in [0.1, 0.15) is 5.82 Å². The number of aliphatic hydroxyl groups excluding tert-OH is 1. The molecule has 2 amide bonds. The van der Waals surface area contributed by atoms with E-state index in [0.717, 1.165) is 25.0 Å². The number of anilines is 1. The summed E-state index contributed by atoms with van der Waals surface area (Å²) in [5.41, 5.74) is 2.70. The lowest BCUT2D eigenvalue weighted by molar-refractivity contribution is -0.118. The molecule has 170 valence electrons. The highest BCUT2D eigenvalue weighted by molar-refractivity contribution is 6.43. The zero-order valence-electron chi connectivity index (χ0n) is 18.3. The quantitative estimate of drug-likeness (QED) is 0.490. The third-order valence-corrected chi connectivity index (χ3v) is 6.52. The Morgan fingerprint density at radius 2 is 1.91 bits per heavy atom. The Hall–Kier alpha value is -3.00. The van der Waals surface area contributed by atoms with Crippen molar-refractivity contribution in [1.29, 1.82) is 0 Å². The van der Waals surface area contributed by atoms with Crippen LogP contribution in [0, 0.1) is 19.7 Å². The van der Waals surface area contributed by atoms with Crippen molar-refractivity contribution in [3.63, 3.8) is 0 Å². The van der Waals surface area contributed by atoms with E-state index in [0.29, 0.717) is 48.2 Å². The fraction of sp³-hybridized carbons (Fsp3) is 0.458. The first-order valence-electron chi connectivity index (χ1n) is 11.1. The molecule has 1 aromatic heterocycles. The summed E-state index contributed by atoms with van der Waals surface area (Å²) in [5, 5.41) is 15.4. The molecule has 0 radical (unpaired) electrons. The van der Waals surface area contributed by atoms with Crippen LogP contribution in [-0.2, 0) is 17.8 Å². The van der Waals surface area contributed by atoms with Gasteiger partial charge in [0.25, 0.3) is 17.6 Å². The molecular weight excluding hydrogens is 413 g/mol. The average Bonchev–Trinajstić information content (AvgIpc) is 3.29. The lowest BCUT2D eigenvalue weighted by Crippen LogP contribution is -2.43. The van der Waals surface area contributed by atoms with Gasteiger partial charge in [0.15, 0.2) is 0 Å². The standard InChI is InChI=1S/C24H28FN3O4/c1-13-12-15(9-10-16(13)25)26-23(31)20-14(2)21(28-11-4-3-7-18(20)28)22(30)24(32)27-17-6-5-8-19(17)29/h9-10,12,17,19,29H,3-8,11H2,1-2H3,(H,26,31)(H,27,32)/t17?,19-/m1/s1. The number of carbonyl (C=O) groups is 3. The van der Waals surface area contributed by atoms with Crippen molar-refractivity contribution < 1.29 is 23.9 Å². The van der Waals surface area contributed by atoms with E-state index in [9.17, 15) is 23.9 Å². The van der Waals surface area contributed by atoms with Crippen LogP contribution in [0.5, 0.6) is 0 Å². The minimum absolute atomic E-state index is 0.227. The number of nitrogens with zero attached hydrogens (tertiary/aromatic N) is 1. The summed E-state index contributed by atoms with van der Waals surface area (Å²) in [6.07, 6.45) is 3.75. The molecule has 32 heavy (non-hydrogen) atoms. The van der Waals surface area contributed by atoms with Crippen molar-refractivity contribution in [3.8, 4) is 0 Å². The minimum Gasteiger partial charge on any atom is -0.391 e. The smallest absolute Gasteiger partial charge is 0.294 e. The van der Waals surface area contributed by atoms with E-state index in [2.05, 4.69) is 10.6 Å². The number of aromatic nitrogens is 1. The molecule has 7 nitrogen and oxygen atoms in total. The summed E-state index contributed by atoms with van der Waals surface area (Å²) < 4.78 is 15.4. The van der Waals surface area contributed by atoms with Gasteiger partial charge in [0.2, 0.25) is 0 Å². The van der Waals surface area contributed by atoms with Crippen molar-refractivity contribution in [2.24, 2.45) is 0 Å². The SMILES string of the molecule is Cc1cc(NC(=O)c2c(C)c(C(=O)C(=O)NC3CCC[C@H]3O)n3c2CCCC3)ccc1F. The van der Waals surface area contributed by atoms with Crippen LogP contribution in [0.1, 0.15) is 69.8 Å². The number of amides is 2. The lowest BCUT2D eigenvalue weighted by atomic mass is 10.0. The molecule has 0 bridgehead atoms. The summed E-state index contributed by atoms with van der Waals surface area (Å²) in [6, 6.07) is 3.92. The summed E-state index contributed by atoms with van der Waals surface area (Å²) in [6.45, 7) is 3.85. The number of aryl methyl sites for hydroxylation is 1. The Labute approximate surface area is 186 Å². The first-order valence-corrected chi connectivity index (χ1v) is 11.1. The number of nitrogens with one attached hydrogen (secondary N) is 2. The van der Waals surface area contributed by atoms with E-state index in [1.165, 1.54) is 12.1 Å². The topological polar surface area (TPSA) is 100 Å². The van der Waals surface area contributed by atoms with Gasteiger partial charge in [-0.15, -0.1) is 0 Å². The number of rotatable bonds is 5. The number of fused-ring (bicyclic) bond motifs is 1. The first-order chi connectivity index (χ1) is 15.3. The first kappa shape index (κ1) is 22.2. The van der Waals surface area contributed by atoms with E-state index in [4.69, 9.17) is 0 Å². The highest BCUT2D eigenvalue weighted by atomic mass is 19.1. The third-order valence-electron chi connectivity index (χ3n) is 6.52. The molecule has 8 heteroatoms. The highest BCUT2D eigenvalue weighted by Crippen LogP contribution is 2.30. The summed E-state index contributed by atoms with van der Waals surface area (Å²) >= 11 is 0. The number of benzene rings is 1. The number of hydrogen-bond donors (Lipinski definition) is 3. The predicted molar refractivity (Wildman–Crippen MR) is 117 cm³/mol. The normalized spacial score (nSPS) is 20.0. The maximum atomic E-state index is 13.6. The van der Waals surface area contributed by atoms with Crippen LogP contribution >= 0.6 is 0 Å². The Kier molecular flexibility index (Phi) is 6.15. The second-order valence-electron chi connectivity index (χ2n) is 8.73. The van der Waals surface area contributed by atoms with E-state index in [1.807, 2.05) is 0 Å². The molecule has 4 rings (SSSR count). The average molecular weight is 442 g/mol. The maximum absolute atomic E-state index is 13.6. The summed E-state index contributed by atoms with van der Waals surface area (Å²) in [7, 11) is 0. The molecule has 1 fully saturated rings. The Bertz CT molecular complexity index is 1090. The second-order valence-corrected chi connectivity index (χ2v) is 8.73. The van der Waals surface area contributed by atoms with Crippen LogP contribution in [0.2, 0.25) is 0 Å². The number of halogens is 1. The fourth-order valence-electron chi connectivity index (χ4n) is 4.84. The van der Waals surface area contributed by atoms with E-state index < -0.39 is 23.8 Å². The Morgan fingerprint density at radius 1 is 1.12 bits per heavy atom. The van der Waals surface area contributed by atoms with Gasteiger partial charge < -0.3 is 20.3 Å². The molecule has 2 aromatic rings. The zero-order valence-corrected chi connectivity index (χ0v) is 18.3. The number of ketones is 1. The molecule has 1 saturated carbocycles. The lowest BCUT2D eigenvalue weighted by Gasteiger charge is -2.19. The van der Waals surface area contributed by atoms with Crippen LogP contribution in [0.3, 0.4) is 0 Å². The van der Waals surface area contributed by atoms with Gasteiger partial charge >= 0.3 is 0 Å². The molecule has 0 spiro atoms. The number of Topliss-reactive ketones (excluding diaryl/α,β-unsaturated/α-hetero) is 1. The molecular formula is C24H28FN3O4. The minimum atomic E-state index is -0.758. The van der Waals surface area contributed by atoms with E-state index >= 15 is 0 Å². The molecule has 1 unspecified atom stereocenters. The van der Waals surface area contributed by atoms with Gasteiger partial charge in [0.05, 0.1) is 23.4 Å². The molecule has 0 saturated heterocycles. The third kappa shape index (κ3) is 4.07. The van der Waals surface area contributed by atoms with Crippen molar-refractivity contribution >= 4 is 23.3 Å². The molecule has 2 heterocycles. The largest absolute Gasteiger partial charge is 0.391 e. The number of hydrogen-bond acceptors (Lipinski definition) is 4. The molecule has 2 atom stereocenters. The van der Waals surface area contributed by atoms with Crippen molar-refractivity contribution in [1.82, 2.24) is 9.88 Å². The predicted octanol–water partition coefficient (Wildman–Crippen LogP) is 3.04. The van der Waals surface area contributed by atoms with Gasteiger partial charge in [0, 0.05) is 17.9 Å². The van der Waals surface area contributed by atoms with Gasteiger partial charge in [-0.3, -0.25) is 14.4 Å². The fourth-order valence-corrected chi connectivity index (χ4v) is 4.84. The summed E-state index contributed by atoms with van der Waals surface area (Å²) in [5.74, 6) is -2.19. The molecule has 3 N–H and O–H groups in total. The van der Waals surface area contributed by atoms with Crippen LogP contribution in [0.15, 0.2) is 18.2 Å². The van der Waals surface area contributed by atoms with Gasteiger partial charge in [-0.2, -0.15) is 0 Å².